The number of rotatable bonds is 3. The molecule has 0 aliphatic rings. The van der Waals surface area contributed by atoms with Crippen LogP contribution in [-0.2, 0) is 14.3 Å². The van der Waals surface area contributed by atoms with Crippen molar-refractivity contribution in [3.63, 3.8) is 0 Å². The Morgan fingerprint density at radius 3 is 2.25 bits per heavy atom. The molecular weight excluding hydrogens is 275 g/mol. The van der Waals surface area contributed by atoms with Crippen LogP contribution in [0, 0.1) is 12.3 Å². The third-order valence-electron chi connectivity index (χ3n) is 2.10. The first-order chi connectivity index (χ1) is 8.99. The SMILES string of the molecule is C#CCN(C(=O)C(=O)OC/C=C/C(F)(F)F)C(C)(C)C. The number of allylic oxidation sites excluding steroid dienone is 1. The fourth-order valence-corrected chi connectivity index (χ4v) is 1.18. The molecule has 0 aromatic rings. The van der Waals surface area contributed by atoms with E-state index in [0.29, 0.717) is 6.08 Å². The molecule has 0 aromatic heterocycles. The zero-order valence-electron chi connectivity index (χ0n) is 11.5. The molecule has 0 atom stereocenters. The molecule has 0 spiro atoms. The van der Waals surface area contributed by atoms with E-state index in [2.05, 4.69) is 10.7 Å². The first kappa shape index (κ1) is 18.0. The van der Waals surface area contributed by atoms with Crippen LogP contribution in [0.4, 0.5) is 13.2 Å². The number of nitrogens with zero attached hydrogens (tertiary/aromatic N) is 1. The second kappa shape index (κ2) is 6.98. The molecule has 0 aliphatic heterocycles. The van der Waals surface area contributed by atoms with Crippen LogP contribution in [0.5, 0.6) is 0 Å². The number of carbonyl (C=O) groups excluding carboxylic acids is 2. The Kier molecular flexibility index (Phi) is 6.30. The molecule has 20 heavy (non-hydrogen) atoms. The van der Waals surface area contributed by atoms with E-state index in [9.17, 15) is 22.8 Å². The van der Waals surface area contributed by atoms with Gasteiger partial charge in [0.05, 0.1) is 6.54 Å². The number of amides is 1. The maximum Gasteiger partial charge on any atom is 0.409 e. The number of halogens is 3. The fourth-order valence-electron chi connectivity index (χ4n) is 1.18. The van der Waals surface area contributed by atoms with Crippen LogP contribution in [0.15, 0.2) is 12.2 Å². The van der Waals surface area contributed by atoms with Crippen molar-refractivity contribution in [3.8, 4) is 12.3 Å². The predicted octanol–water partition coefficient (Wildman–Crippen LogP) is 1.91. The maximum atomic E-state index is 11.8. The minimum Gasteiger partial charge on any atom is -0.454 e. The average Bonchev–Trinajstić information content (AvgIpc) is 2.27. The van der Waals surface area contributed by atoms with Gasteiger partial charge in [0, 0.05) is 11.6 Å². The summed E-state index contributed by atoms with van der Waals surface area (Å²) in [6.07, 6.45) is 1.14. The van der Waals surface area contributed by atoms with Crippen LogP contribution in [0.25, 0.3) is 0 Å². The molecule has 0 N–H and O–H groups in total. The fraction of sp³-hybridized carbons (Fsp3) is 0.538. The van der Waals surface area contributed by atoms with Gasteiger partial charge in [0.15, 0.2) is 0 Å². The highest BCUT2D eigenvalue weighted by Crippen LogP contribution is 2.16. The summed E-state index contributed by atoms with van der Waals surface area (Å²) in [6, 6.07) is 0. The predicted molar refractivity (Wildman–Crippen MR) is 66.5 cm³/mol. The summed E-state index contributed by atoms with van der Waals surface area (Å²) >= 11 is 0. The second-order valence-corrected chi connectivity index (χ2v) is 4.81. The second-order valence-electron chi connectivity index (χ2n) is 4.81. The Labute approximate surface area is 115 Å². The lowest BCUT2D eigenvalue weighted by Gasteiger charge is -2.33. The quantitative estimate of drug-likeness (QED) is 0.345. The van der Waals surface area contributed by atoms with Crippen LogP contribution >= 0.6 is 0 Å². The van der Waals surface area contributed by atoms with E-state index >= 15 is 0 Å². The smallest absolute Gasteiger partial charge is 0.409 e. The summed E-state index contributed by atoms with van der Waals surface area (Å²) in [7, 11) is 0. The Hall–Kier alpha value is -1.97. The Morgan fingerprint density at radius 2 is 1.85 bits per heavy atom. The molecule has 0 aliphatic carbocycles. The first-order valence-electron chi connectivity index (χ1n) is 5.65. The van der Waals surface area contributed by atoms with Gasteiger partial charge in [0.2, 0.25) is 0 Å². The van der Waals surface area contributed by atoms with Gasteiger partial charge >= 0.3 is 18.1 Å². The van der Waals surface area contributed by atoms with E-state index in [-0.39, 0.29) is 12.6 Å². The lowest BCUT2D eigenvalue weighted by atomic mass is 10.1. The molecule has 0 bridgehead atoms. The molecule has 1 amide bonds. The van der Waals surface area contributed by atoms with Gasteiger partial charge in [-0.15, -0.1) is 6.42 Å². The summed E-state index contributed by atoms with van der Waals surface area (Å²) in [4.78, 5) is 24.3. The molecule has 4 nitrogen and oxygen atoms in total. The third kappa shape index (κ3) is 6.83. The van der Waals surface area contributed by atoms with Gasteiger partial charge in [-0.05, 0) is 26.8 Å². The van der Waals surface area contributed by atoms with Gasteiger partial charge < -0.3 is 9.64 Å². The Morgan fingerprint density at radius 1 is 1.30 bits per heavy atom. The molecule has 0 saturated carbocycles. The monoisotopic (exact) mass is 291 g/mol. The van der Waals surface area contributed by atoms with Crippen LogP contribution < -0.4 is 0 Å². The van der Waals surface area contributed by atoms with Gasteiger partial charge in [-0.1, -0.05) is 5.92 Å². The zero-order chi connectivity index (χ0) is 16.0. The lowest BCUT2D eigenvalue weighted by Crippen LogP contribution is -2.49. The highest BCUT2D eigenvalue weighted by Gasteiger charge is 2.31. The minimum absolute atomic E-state index is 0.0757. The average molecular weight is 291 g/mol. The molecule has 0 saturated heterocycles. The normalized spacial score (nSPS) is 12.1. The number of alkyl halides is 3. The van der Waals surface area contributed by atoms with Crippen molar-refractivity contribution in [2.45, 2.75) is 32.5 Å². The van der Waals surface area contributed by atoms with E-state index in [1.807, 2.05) is 0 Å². The van der Waals surface area contributed by atoms with Crippen LogP contribution in [0.1, 0.15) is 20.8 Å². The first-order valence-corrected chi connectivity index (χ1v) is 5.65. The van der Waals surface area contributed by atoms with Crippen molar-refractivity contribution in [1.82, 2.24) is 4.90 Å². The molecule has 0 rings (SSSR count). The van der Waals surface area contributed by atoms with Gasteiger partial charge in [0.25, 0.3) is 0 Å². The molecule has 0 fully saturated rings. The van der Waals surface area contributed by atoms with Crippen LogP contribution in [-0.4, -0.2) is 41.6 Å². The van der Waals surface area contributed by atoms with Crippen molar-refractivity contribution >= 4 is 11.9 Å². The van der Waals surface area contributed by atoms with Gasteiger partial charge in [-0.25, -0.2) is 4.79 Å². The molecule has 0 unspecified atom stereocenters. The standard InChI is InChI=1S/C13H16F3NO3/c1-5-8-17(12(2,3)4)10(18)11(19)20-9-6-7-13(14,15)16/h1,6-7H,8-9H2,2-4H3/b7-6+. The Balaban J connectivity index is 4.58. The maximum absolute atomic E-state index is 11.8. The van der Waals surface area contributed by atoms with Crippen molar-refractivity contribution in [1.29, 1.82) is 0 Å². The van der Waals surface area contributed by atoms with Gasteiger partial charge in [-0.3, -0.25) is 4.79 Å². The van der Waals surface area contributed by atoms with Crippen LogP contribution in [0.2, 0.25) is 0 Å². The third-order valence-corrected chi connectivity index (χ3v) is 2.10. The number of hydrogen-bond acceptors (Lipinski definition) is 3. The van der Waals surface area contributed by atoms with E-state index in [1.54, 1.807) is 20.8 Å². The molecular formula is C13H16F3NO3. The van der Waals surface area contributed by atoms with Crippen molar-refractivity contribution in [3.05, 3.63) is 12.2 Å². The van der Waals surface area contributed by atoms with Gasteiger partial charge in [-0.2, -0.15) is 13.2 Å². The van der Waals surface area contributed by atoms with Crippen LogP contribution in [0.3, 0.4) is 0 Å². The van der Waals surface area contributed by atoms with E-state index in [4.69, 9.17) is 6.42 Å². The number of carbonyl (C=O) groups is 2. The number of terminal acetylenes is 1. The summed E-state index contributed by atoms with van der Waals surface area (Å²) in [6.45, 7) is 4.26. The van der Waals surface area contributed by atoms with Crippen molar-refractivity contribution in [2.24, 2.45) is 0 Å². The summed E-state index contributed by atoms with van der Waals surface area (Å²) in [5, 5.41) is 0. The summed E-state index contributed by atoms with van der Waals surface area (Å²) in [5.74, 6) is -0.00624. The zero-order valence-corrected chi connectivity index (χ0v) is 11.5. The topological polar surface area (TPSA) is 46.6 Å². The number of esters is 1. The highest BCUT2D eigenvalue weighted by atomic mass is 19.4. The molecule has 0 heterocycles. The van der Waals surface area contributed by atoms with Crippen molar-refractivity contribution in [2.75, 3.05) is 13.2 Å². The van der Waals surface area contributed by atoms with E-state index in [1.165, 1.54) is 0 Å². The van der Waals surface area contributed by atoms with E-state index in [0.717, 1.165) is 4.90 Å². The highest BCUT2D eigenvalue weighted by molar-refractivity contribution is 6.32. The molecule has 0 radical (unpaired) electrons. The molecule has 0 aromatic carbocycles. The lowest BCUT2D eigenvalue weighted by molar-refractivity contribution is -0.161. The minimum atomic E-state index is -4.49. The summed E-state index contributed by atoms with van der Waals surface area (Å²) in [5.41, 5.74) is -0.704. The number of hydrogen-bond donors (Lipinski definition) is 0. The Bertz CT molecular complexity index is 428. The largest absolute Gasteiger partial charge is 0.454 e. The molecule has 7 heteroatoms. The van der Waals surface area contributed by atoms with Crippen molar-refractivity contribution < 1.29 is 27.5 Å². The molecule has 112 valence electrons. The van der Waals surface area contributed by atoms with Gasteiger partial charge in [0.1, 0.15) is 6.61 Å². The summed E-state index contributed by atoms with van der Waals surface area (Å²) < 4.78 is 39.8. The number of ether oxygens (including phenoxy) is 1. The van der Waals surface area contributed by atoms with E-state index < -0.39 is 30.2 Å².